The molecule has 0 N–H and O–H groups in total. The van der Waals surface area contributed by atoms with E-state index in [4.69, 9.17) is 28.4 Å². The highest BCUT2D eigenvalue weighted by Crippen LogP contribution is 2.48. The Morgan fingerprint density at radius 2 is 0.368 bits per heavy atom. The lowest BCUT2D eigenvalue weighted by molar-refractivity contribution is 0.103. The third-order valence-electron chi connectivity index (χ3n) is 20.8. The Morgan fingerprint density at radius 1 is 0.189 bits per heavy atom. The summed E-state index contributed by atoms with van der Waals surface area (Å²) >= 11 is 0. The minimum atomic E-state index is -0.245. The molecule has 0 bridgehead atoms. The van der Waals surface area contributed by atoms with E-state index in [-0.39, 0.29) is 11.6 Å². The number of fused-ring (bicyclic) bond motifs is 6. The van der Waals surface area contributed by atoms with Crippen LogP contribution in [0.2, 0.25) is 0 Å². The van der Waals surface area contributed by atoms with Gasteiger partial charge in [-0.15, -0.1) is 0 Å². The van der Waals surface area contributed by atoms with Crippen LogP contribution in [-0.2, 0) is 0 Å². The fraction of sp³-hybridized carbons (Fsp3) is 0.184. The Hall–Kier alpha value is -12.0. The normalized spacial score (nSPS) is 11.6. The van der Waals surface area contributed by atoms with Gasteiger partial charge < -0.3 is 28.4 Å². The van der Waals surface area contributed by atoms with Crippen molar-refractivity contribution >= 4 is 76.2 Å². The van der Waals surface area contributed by atoms with Gasteiger partial charge in [-0.25, -0.2) is 0 Å². The molecule has 0 unspecified atom stereocenters. The summed E-state index contributed by atoms with van der Waals surface area (Å²) in [6, 6.07) is 65.2. The Bertz CT molecular complexity index is 5770. The average molecular weight is 1390 g/mol. The van der Waals surface area contributed by atoms with Gasteiger partial charge in [0.05, 0.1) is 0 Å². The van der Waals surface area contributed by atoms with Gasteiger partial charge in [-0.3, -0.25) is 9.59 Å². The van der Waals surface area contributed by atoms with Crippen LogP contribution in [-0.4, -0.2) is 11.6 Å². The molecule has 0 atom stereocenters. The quantitative estimate of drug-likeness (QED) is 0.0698. The monoisotopic (exact) mass is 1390 g/mol. The molecule has 0 spiro atoms. The van der Waals surface area contributed by atoms with Crippen LogP contribution in [0.15, 0.2) is 194 Å². The van der Waals surface area contributed by atoms with Crippen LogP contribution in [0.3, 0.4) is 0 Å². The molecule has 0 saturated heterocycles. The molecule has 0 aromatic heterocycles. The minimum absolute atomic E-state index is 0.245. The zero-order valence-electron chi connectivity index (χ0n) is 63.7. The molecule has 0 aliphatic carbocycles. The molecule has 0 heterocycles. The zero-order valence-corrected chi connectivity index (χ0v) is 63.7. The van der Waals surface area contributed by atoms with Gasteiger partial charge in [0.1, 0.15) is 69.0 Å². The predicted octanol–water partition coefficient (Wildman–Crippen LogP) is 27.4. The number of rotatable bonds is 16. The molecule has 8 heteroatoms. The smallest absolute Gasteiger partial charge is 0.194 e. The van der Waals surface area contributed by atoms with Crippen molar-refractivity contribution in [2.45, 2.75) is 125 Å². The molecular formula is C98H86O8. The maximum atomic E-state index is 16.7. The summed E-state index contributed by atoms with van der Waals surface area (Å²) < 4.78 is 42.4. The summed E-state index contributed by atoms with van der Waals surface area (Å²) in [5.41, 5.74) is 20.5. The molecule has 0 saturated carbocycles. The van der Waals surface area contributed by atoms with Crippen molar-refractivity contribution in [1.82, 2.24) is 0 Å². The number of carbonyl (C=O) groups is 2. The topological polar surface area (TPSA) is 89.5 Å². The highest BCUT2D eigenvalue weighted by molar-refractivity contribution is 6.28. The van der Waals surface area contributed by atoms with Crippen molar-refractivity contribution < 1.29 is 38.0 Å². The molecule has 526 valence electrons. The third kappa shape index (κ3) is 12.8. The van der Waals surface area contributed by atoms with Crippen molar-refractivity contribution in [2.24, 2.45) is 0 Å². The lowest BCUT2D eigenvalue weighted by Gasteiger charge is -2.20. The molecule has 15 aromatic carbocycles. The lowest BCUT2D eigenvalue weighted by atomic mass is 9.88. The van der Waals surface area contributed by atoms with Gasteiger partial charge in [-0.1, -0.05) is 130 Å². The number of hydrogen-bond donors (Lipinski definition) is 0. The number of ketones is 2. The first-order valence-corrected chi connectivity index (χ1v) is 36.4. The number of aryl methyl sites for hydroxylation is 18. The van der Waals surface area contributed by atoms with Crippen LogP contribution < -0.4 is 28.4 Å². The molecule has 0 radical (unpaired) electrons. The summed E-state index contributed by atoms with van der Waals surface area (Å²) in [4.78, 5) is 33.3. The van der Waals surface area contributed by atoms with Crippen molar-refractivity contribution in [2.75, 3.05) is 0 Å². The summed E-state index contributed by atoms with van der Waals surface area (Å²) in [7, 11) is 0. The van der Waals surface area contributed by atoms with E-state index < -0.39 is 0 Å². The van der Waals surface area contributed by atoms with Gasteiger partial charge in [-0.05, 0) is 321 Å². The Balaban J connectivity index is 0.974. The summed E-state index contributed by atoms with van der Waals surface area (Å²) in [5.74, 6) is 7.57. The number of carbonyl (C=O) groups excluding carboxylic acids is 2. The van der Waals surface area contributed by atoms with Crippen LogP contribution in [0.4, 0.5) is 0 Å². The second-order valence-electron chi connectivity index (χ2n) is 29.8. The van der Waals surface area contributed by atoms with Crippen molar-refractivity contribution in [3.8, 4) is 69.0 Å². The van der Waals surface area contributed by atoms with Crippen molar-refractivity contribution in [3.05, 3.63) is 317 Å². The predicted molar refractivity (Wildman–Crippen MR) is 436 cm³/mol. The van der Waals surface area contributed by atoms with E-state index in [1.807, 2.05) is 84.9 Å². The van der Waals surface area contributed by atoms with Crippen LogP contribution >= 0.6 is 0 Å². The Labute approximate surface area is 620 Å². The van der Waals surface area contributed by atoms with E-state index in [2.05, 4.69) is 234 Å². The molecule has 0 aliphatic rings. The Morgan fingerprint density at radius 3 is 0.585 bits per heavy atom. The van der Waals surface area contributed by atoms with Crippen molar-refractivity contribution in [3.63, 3.8) is 0 Å². The SMILES string of the molecule is Cc1cc(C)c(Oc2cccc3cc4c(C(=O)c5ccc(Oc6c(C)cc(C)cc6C)c6cc7c(Oc8c(C)cc(C)cc8C)ccc(C(=O)c8ccc(Oc9c(C)cc(C)cc9C)c9cc%10c(Oc%11c(C)cc(C)cc%11C)cccc%10cc89)c7cc56)ccc(Oc5c(C)cc(C)cc5C)c4cc23)c(C)c1. The molecule has 0 amide bonds. The molecular weight excluding hydrogens is 1310 g/mol. The van der Waals surface area contributed by atoms with Gasteiger partial charge >= 0.3 is 0 Å². The second-order valence-corrected chi connectivity index (χ2v) is 29.8. The molecule has 0 aliphatic heterocycles. The van der Waals surface area contributed by atoms with Crippen molar-refractivity contribution in [1.29, 1.82) is 0 Å². The maximum Gasteiger partial charge on any atom is 0.194 e. The highest BCUT2D eigenvalue weighted by Gasteiger charge is 2.28. The molecule has 0 fully saturated rings. The largest absolute Gasteiger partial charge is 0.456 e. The average Bonchev–Trinajstić information content (AvgIpc) is 0.602. The molecule has 106 heavy (non-hydrogen) atoms. The van der Waals surface area contributed by atoms with Gasteiger partial charge in [-0.2, -0.15) is 0 Å². The van der Waals surface area contributed by atoms with Crippen LogP contribution in [0.1, 0.15) is 132 Å². The number of benzene rings is 15. The zero-order chi connectivity index (χ0) is 74.6. The van der Waals surface area contributed by atoms with Gasteiger partial charge in [0.2, 0.25) is 0 Å². The summed E-state index contributed by atoms with van der Waals surface area (Å²) in [6.07, 6.45) is 0. The summed E-state index contributed by atoms with van der Waals surface area (Å²) in [6.45, 7) is 37.3. The first kappa shape index (κ1) is 69.7. The molecule has 15 aromatic rings. The van der Waals surface area contributed by atoms with Crippen LogP contribution in [0.25, 0.3) is 64.6 Å². The van der Waals surface area contributed by atoms with Gasteiger partial charge in [0, 0.05) is 54.6 Å². The highest BCUT2D eigenvalue weighted by atomic mass is 16.5. The van der Waals surface area contributed by atoms with Crippen LogP contribution in [0, 0.1) is 125 Å². The van der Waals surface area contributed by atoms with E-state index in [0.717, 1.165) is 155 Å². The van der Waals surface area contributed by atoms with E-state index in [1.165, 1.54) is 0 Å². The van der Waals surface area contributed by atoms with Crippen LogP contribution in [0.5, 0.6) is 69.0 Å². The Kier molecular flexibility index (Phi) is 17.9. The third-order valence-corrected chi connectivity index (χ3v) is 20.8. The fourth-order valence-electron chi connectivity index (χ4n) is 16.5. The maximum absolute atomic E-state index is 16.7. The number of ether oxygens (including phenoxy) is 6. The first-order valence-electron chi connectivity index (χ1n) is 36.4. The first-order chi connectivity index (χ1) is 50.7. The lowest BCUT2D eigenvalue weighted by Crippen LogP contribution is -2.07. The van der Waals surface area contributed by atoms with E-state index in [1.54, 1.807) is 0 Å². The van der Waals surface area contributed by atoms with E-state index >= 15 is 9.59 Å². The second kappa shape index (κ2) is 27.2. The summed E-state index contributed by atoms with van der Waals surface area (Å²) in [5, 5.41) is 8.71. The molecule has 8 nitrogen and oxygen atoms in total. The minimum Gasteiger partial charge on any atom is -0.456 e. The standard InChI is InChI=1S/C98H86O8/c1-51-33-57(7)93(58(8)34-51)101-85-23-19-21-69-45-77-71(25-29-87(81(77)47-75(69)85)103-95-61(11)37-53(3)38-62(95)12)91(99)73-27-31-89(105-97-65(15)41-55(5)42-66(97)16)83-50-84-80(49-79(73)83)74(28-32-90(84)106-98-67(17)43-56(6)44-68(98)18)92(100)72-26-30-88(104-96-63(13)39-54(4)40-64(96)14)82-48-76-70(46-78(72)82)22-20-24-86(76)102-94-59(9)35-52(2)36-60(94)10/h19-50H,1-18H3. The fourth-order valence-corrected chi connectivity index (χ4v) is 16.5. The molecule has 15 rings (SSSR count). The number of hydrogen-bond acceptors (Lipinski definition) is 8. The van der Waals surface area contributed by atoms with E-state index in [9.17, 15) is 0 Å². The van der Waals surface area contributed by atoms with E-state index in [0.29, 0.717) is 101 Å². The van der Waals surface area contributed by atoms with Gasteiger partial charge in [0.15, 0.2) is 11.6 Å². The van der Waals surface area contributed by atoms with Gasteiger partial charge in [0.25, 0.3) is 0 Å².